The lowest BCUT2D eigenvalue weighted by molar-refractivity contribution is 0.669. The van der Waals surface area contributed by atoms with Crippen LogP contribution in [0.2, 0.25) is 0 Å². The summed E-state index contributed by atoms with van der Waals surface area (Å²) in [5.41, 5.74) is 14.3. The number of para-hydroxylation sites is 4. The summed E-state index contributed by atoms with van der Waals surface area (Å²) in [5, 5.41) is 6.19. The Kier molecular flexibility index (Phi) is 6.08. The third kappa shape index (κ3) is 4.31. The van der Waals surface area contributed by atoms with E-state index in [1.54, 1.807) is 0 Å². The highest BCUT2D eigenvalue weighted by molar-refractivity contribution is 6.10. The average molecular weight is 653 g/mol. The lowest BCUT2D eigenvalue weighted by Gasteiger charge is -2.20. The van der Waals surface area contributed by atoms with Crippen LogP contribution in [0, 0.1) is 0 Å². The number of allylic oxidation sites excluding steroid dienone is 1. The average Bonchev–Trinajstić information content (AvgIpc) is 3.85. The first-order chi connectivity index (χ1) is 25.3. The number of furan rings is 1. The van der Waals surface area contributed by atoms with Gasteiger partial charge in [0.05, 0.1) is 16.6 Å². The third-order valence-electron chi connectivity index (χ3n) is 10.9. The molecule has 3 aromatic heterocycles. The van der Waals surface area contributed by atoms with E-state index < -0.39 is 0 Å². The van der Waals surface area contributed by atoms with Crippen LogP contribution in [0.1, 0.15) is 22.7 Å². The Bertz CT molecular complexity index is 2990. The maximum atomic E-state index is 6.16. The summed E-state index contributed by atoms with van der Waals surface area (Å²) in [6.07, 6.45) is 5.70. The second kappa shape index (κ2) is 11.0. The van der Waals surface area contributed by atoms with E-state index in [2.05, 4.69) is 173 Å². The fourth-order valence-corrected chi connectivity index (χ4v) is 8.51. The van der Waals surface area contributed by atoms with Gasteiger partial charge in [0.2, 0.25) is 0 Å². The van der Waals surface area contributed by atoms with Crippen molar-refractivity contribution >= 4 is 60.7 Å². The maximum absolute atomic E-state index is 6.16. The van der Waals surface area contributed by atoms with E-state index in [-0.39, 0.29) is 5.92 Å². The quantitative estimate of drug-likeness (QED) is 0.186. The van der Waals surface area contributed by atoms with Crippen LogP contribution in [0.25, 0.3) is 83.2 Å². The van der Waals surface area contributed by atoms with Gasteiger partial charge in [-0.1, -0.05) is 97.1 Å². The van der Waals surface area contributed by atoms with E-state index in [1.807, 2.05) is 12.1 Å². The minimum atomic E-state index is 0.257. The molecule has 1 aliphatic carbocycles. The van der Waals surface area contributed by atoms with Gasteiger partial charge in [0.1, 0.15) is 11.2 Å². The molecule has 10 aromatic rings. The monoisotopic (exact) mass is 652 g/mol. The van der Waals surface area contributed by atoms with Crippen molar-refractivity contribution in [2.24, 2.45) is 0 Å². The van der Waals surface area contributed by atoms with Gasteiger partial charge in [-0.2, -0.15) is 0 Å². The van der Waals surface area contributed by atoms with Gasteiger partial charge in [-0.25, -0.2) is 0 Å². The molecular weight excluding hydrogens is 621 g/mol. The van der Waals surface area contributed by atoms with Crippen LogP contribution in [0.3, 0.4) is 0 Å². The van der Waals surface area contributed by atoms with Gasteiger partial charge in [0.15, 0.2) is 0 Å². The minimum absolute atomic E-state index is 0.257. The van der Waals surface area contributed by atoms with Crippen molar-refractivity contribution in [1.82, 2.24) is 9.13 Å². The predicted octanol–water partition coefficient (Wildman–Crippen LogP) is 12.6. The lowest BCUT2D eigenvalue weighted by Crippen LogP contribution is -2.07. The van der Waals surface area contributed by atoms with Crippen LogP contribution in [0.15, 0.2) is 174 Å². The standard InChI is InChI=1S/C48H32N2O/c1-3-11-35(12-4-1)49-43-17-9-7-15-37(43)39-27-31(19-23-44(39)49)32-20-24-45-40(28-32)41-29-33(21-25-46(41)50(45)36-13-5-2-6-14-36)34-22-26-48-42(30-34)38-16-8-10-18-47(38)51-48/h1-27,29-30,32H,28H2. The van der Waals surface area contributed by atoms with Crippen LogP contribution in [-0.2, 0) is 6.42 Å². The Balaban J connectivity index is 1.06. The summed E-state index contributed by atoms with van der Waals surface area (Å²) in [4.78, 5) is 0. The number of rotatable bonds is 4. The van der Waals surface area contributed by atoms with E-state index >= 15 is 0 Å². The molecule has 1 atom stereocenters. The second-order valence-electron chi connectivity index (χ2n) is 13.7. The van der Waals surface area contributed by atoms with E-state index in [9.17, 15) is 0 Å². The molecule has 0 amide bonds. The van der Waals surface area contributed by atoms with E-state index in [4.69, 9.17) is 4.42 Å². The van der Waals surface area contributed by atoms with Crippen molar-refractivity contribution in [2.75, 3.05) is 0 Å². The number of hydrogen-bond acceptors (Lipinski definition) is 1. The van der Waals surface area contributed by atoms with Crippen LogP contribution in [-0.4, -0.2) is 9.13 Å². The minimum Gasteiger partial charge on any atom is -0.456 e. The van der Waals surface area contributed by atoms with Crippen LogP contribution >= 0.6 is 0 Å². The third-order valence-corrected chi connectivity index (χ3v) is 10.9. The molecule has 0 saturated heterocycles. The highest BCUT2D eigenvalue weighted by Crippen LogP contribution is 2.42. The fourth-order valence-electron chi connectivity index (χ4n) is 8.51. The van der Waals surface area contributed by atoms with Gasteiger partial charge in [-0.05, 0) is 108 Å². The maximum Gasteiger partial charge on any atom is 0.135 e. The Morgan fingerprint density at radius 1 is 0.451 bits per heavy atom. The Morgan fingerprint density at radius 2 is 1.06 bits per heavy atom. The van der Waals surface area contributed by atoms with E-state index in [1.165, 1.54) is 72.0 Å². The summed E-state index contributed by atoms with van der Waals surface area (Å²) < 4.78 is 11.0. The molecule has 0 bridgehead atoms. The summed E-state index contributed by atoms with van der Waals surface area (Å²) in [6.45, 7) is 0. The van der Waals surface area contributed by atoms with Crippen LogP contribution in [0.5, 0.6) is 0 Å². The number of benzene rings is 7. The zero-order valence-electron chi connectivity index (χ0n) is 27.8. The molecule has 1 unspecified atom stereocenters. The van der Waals surface area contributed by atoms with Crippen molar-refractivity contribution in [3.05, 3.63) is 187 Å². The molecule has 0 N–H and O–H groups in total. The van der Waals surface area contributed by atoms with Crippen LogP contribution in [0.4, 0.5) is 0 Å². The SMILES string of the molecule is C1=CC(c2ccc3c(c2)c2ccccc2n3-c2ccccc2)Cc2c1n(-c1ccccc1)c1ccc(-c3ccc4oc5ccccc5c4c3)cc21. The van der Waals surface area contributed by atoms with E-state index in [0.29, 0.717) is 0 Å². The van der Waals surface area contributed by atoms with Crippen molar-refractivity contribution < 1.29 is 4.42 Å². The summed E-state index contributed by atoms with van der Waals surface area (Å²) >= 11 is 0. The predicted molar refractivity (Wildman–Crippen MR) is 212 cm³/mol. The Labute approximate surface area is 294 Å². The molecule has 3 heteroatoms. The number of nitrogens with zero attached hydrogens (tertiary/aromatic N) is 2. The molecular formula is C48H32N2O. The second-order valence-corrected chi connectivity index (χ2v) is 13.7. The van der Waals surface area contributed by atoms with Gasteiger partial charge in [-0.3, -0.25) is 0 Å². The molecule has 0 spiro atoms. The zero-order chi connectivity index (χ0) is 33.5. The van der Waals surface area contributed by atoms with Crippen LogP contribution < -0.4 is 0 Å². The molecule has 0 saturated carbocycles. The topological polar surface area (TPSA) is 23.0 Å². The summed E-state index contributed by atoms with van der Waals surface area (Å²) in [6, 6.07) is 59.2. The zero-order valence-corrected chi connectivity index (χ0v) is 27.8. The highest BCUT2D eigenvalue weighted by Gasteiger charge is 2.25. The van der Waals surface area contributed by atoms with Gasteiger partial charge in [-0.15, -0.1) is 0 Å². The number of hydrogen-bond donors (Lipinski definition) is 0. The molecule has 240 valence electrons. The summed E-state index contributed by atoms with van der Waals surface area (Å²) in [5.74, 6) is 0.257. The summed E-state index contributed by atoms with van der Waals surface area (Å²) in [7, 11) is 0. The molecule has 0 fully saturated rings. The van der Waals surface area contributed by atoms with Crippen molar-refractivity contribution in [3.63, 3.8) is 0 Å². The van der Waals surface area contributed by atoms with E-state index in [0.717, 1.165) is 28.4 Å². The molecule has 1 aliphatic rings. The lowest BCUT2D eigenvalue weighted by atomic mass is 9.86. The first-order valence-electron chi connectivity index (χ1n) is 17.7. The van der Waals surface area contributed by atoms with Gasteiger partial charge in [0, 0.05) is 49.9 Å². The smallest absolute Gasteiger partial charge is 0.135 e. The molecule has 3 nitrogen and oxygen atoms in total. The Hall–Kier alpha value is -6.58. The fraction of sp³-hybridized carbons (Fsp3) is 0.0417. The Morgan fingerprint density at radius 3 is 1.88 bits per heavy atom. The van der Waals surface area contributed by atoms with Crippen molar-refractivity contribution in [1.29, 1.82) is 0 Å². The van der Waals surface area contributed by atoms with Gasteiger partial charge in [0.25, 0.3) is 0 Å². The molecule has 0 aliphatic heterocycles. The molecule has 0 radical (unpaired) electrons. The molecule has 11 rings (SSSR count). The molecule has 51 heavy (non-hydrogen) atoms. The van der Waals surface area contributed by atoms with Gasteiger partial charge < -0.3 is 13.6 Å². The number of fused-ring (bicyclic) bond motifs is 9. The van der Waals surface area contributed by atoms with Crippen molar-refractivity contribution in [3.8, 4) is 22.5 Å². The number of aromatic nitrogens is 2. The largest absolute Gasteiger partial charge is 0.456 e. The first kappa shape index (κ1) is 28.3. The van der Waals surface area contributed by atoms with Crippen molar-refractivity contribution in [2.45, 2.75) is 12.3 Å². The normalized spacial score (nSPS) is 14.3. The molecule has 7 aromatic carbocycles. The molecule has 3 heterocycles. The van der Waals surface area contributed by atoms with Gasteiger partial charge >= 0.3 is 0 Å². The highest BCUT2D eigenvalue weighted by atomic mass is 16.3. The first-order valence-corrected chi connectivity index (χ1v) is 17.7.